The quantitative estimate of drug-likeness (QED) is 0.348. The van der Waals surface area contributed by atoms with E-state index in [1.165, 1.54) is 12.1 Å². The number of hydrogen-bond acceptors (Lipinski definition) is 5. The summed E-state index contributed by atoms with van der Waals surface area (Å²) in [7, 11) is -0.217. The molecule has 1 fully saturated rings. The van der Waals surface area contributed by atoms with E-state index >= 15 is 0 Å². The molecule has 1 saturated heterocycles. The number of benzene rings is 1. The van der Waals surface area contributed by atoms with Crippen molar-refractivity contribution in [1.29, 1.82) is 0 Å². The standard InChI is InChI=1S/C15H22BNO5/c1-14(2)15(3,4)22-16(21-14)10-5-11-20-13-8-6-12(7-9-13)17(18)19/h6-9H,5,10-11H2,1-4H3. The molecule has 2 rings (SSSR count). The average Bonchev–Trinajstić information content (AvgIpc) is 2.63. The molecular formula is C15H22BNO5. The molecule has 1 aromatic carbocycles. The molecule has 7 heteroatoms. The number of nitrogens with zero attached hydrogens (tertiary/aromatic N) is 1. The summed E-state index contributed by atoms with van der Waals surface area (Å²) < 4.78 is 17.4. The second kappa shape index (κ2) is 6.26. The van der Waals surface area contributed by atoms with Crippen molar-refractivity contribution in [2.45, 2.75) is 51.6 Å². The van der Waals surface area contributed by atoms with Crippen LogP contribution in [-0.2, 0) is 9.31 Å². The molecule has 22 heavy (non-hydrogen) atoms. The first-order valence-electron chi connectivity index (χ1n) is 7.44. The van der Waals surface area contributed by atoms with Gasteiger partial charge in [0.15, 0.2) is 0 Å². The highest BCUT2D eigenvalue weighted by Crippen LogP contribution is 2.37. The Bertz CT molecular complexity index is 513. The van der Waals surface area contributed by atoms with Crippen LogP contribution in [0.3, 0.4) is 0 Å². The van der Waals surface area contributed by atoms with Crippen molar-refractivity contribution in [3.05, 3.63) is 34.4 Å². The van der Waals surface area contributed by atoms with Gasteiger partial charge in [-0.3, -0.25) is 10.1 Å². The molecule has 0 N–H and O–H groups in total. The predicted molar refractivity (Wildman–Crippen MR) is 84.1 cm³/mol. The number of rotatable bonds is 6. The largest absolute Gasteiger partial charge is 0.494 e. The van der Waals surface area contributed by atoms with Gasteiger partial charge in [-0.25, -0.2) is 0 Å². The SMILES string of the molecule is CC1(C)OB(CCCOc2ccc([N+](=O)[O-])cc2)OC1(C)C. The maximum atomic E-state index is 10.6. The summed E-state index contributed by atoms with van der Waals surface area (Å²) in [5.41, 5.74) is -0.557. The molecule has 6 nitrogen and oxygen atoms in total. The highest BCUT2D eigenvalue weighted by atomic mass is 16.7. The lowest BCUT2D eigenvalue weighted by Gasteiger charge is -2.32. The van der Waals surface area contributed by atoms with E-state index in [0.29, 0.717) is 12.4 Å². The highest BCUT2D eigenvalue weighted by Gasteiger charge is 2.50. The Hall–Kier alpha value is -1.60. The van der Waals surface area contributed by atoms with Crippen molar-refractivity contribution in [3.63, 3.8) is 0 Å². The van der Waals surface area contributed by atoms with Crippen LogP contribution in [0, 0.1) is 10.1 Å². The van der Waals surface area contributed by atoms with Crippen molar-refractivity contribution in [2.75, 3.05) is 6.61 Å². The van der Waals surface area contributed by atoms with Crippen molar-refractivity contribution in [3.8, 4) is 5.75 Å². The maximum Gasteiger partial charge on any atom is 0.457 e. The first kappa shape index (κ1) is 16.8. The van der Waals surface area contributed by atoms with Gasteiger partial charge in [-0.15, -0.1) is 0 Å². The Kier molecular flexibility index (Phi) is 4.77. The normalized spacial score (nSPS) is 19.2. The third-order valence-electron chi connectivity index (χ3n) is 4.20. The molecular weight excluding hydrogens is 285 g/mol. The Morgan fingerprint density at radius 2 is 1.68 bits per heavy atom. The van der Waals surface area contributed by atoms with E-state index in [-0.39, 0.29) is 24.0 Å². The first-order chi connectivity index (χ1) is 10.2. The molecule has 1 heterocycles. The van der Waals surface area contributed by atoms with Gasteiger partial charge < -0.3 is 14.0 Å². The first-order valence-corrected chi connectivity index (χ1v) is 7.44. The van der Waals surface area contributed by atoms with Crippen molar-refractivity contribution >= 4 is 12.8 Å². The molecule has 0 spiro atoms. The second-order valence-electron chi connectivity index (χ2n) is 6.43. The van der Waals surface area contributed by atoms with E-state index in [1.807, 2.05) is 27.7 Å². The molecule has 0 aliphatic carbocycles. The van der Waals surface area contributed by atoms with Gasteiger partial charge in [0.05, 0.1) is 22.7 Å². The number of non-ortho nitro benzene ring substituents is 1. The Labute approximate surface area is 131 Å². The van der Waals surface area contributed by atoms with E-state index < -0.39 is 4.92 Å². The van der Waals surface area contributed by atoms with Crippen LogP contribution < -0.4 is 4.74 Å². The number of hydrogen-bond donors (Lipinski definition) is 0. The van der Waals surface area contributed by atoms with Gasteiger partial charge in [0.1, 0.15) is 5.75 Å². The zero-order valence-electron chi connectivity index (χ0n) is 13.5. The number of nitro groups is 1. The van der Waals surface area contributed by atoms with E-state index in [2.05, 4.69) is 0 Å². The molecule has 1 aromatic rings. The van der Waals surface area contributed by atoms with Gasteiger partial charge in [0.25, 0.3) is 5.69 Å². The lowest BCUT2D eigenvalue weighted by atomic mass is 9.83. The van der Waals surface area contributed by atoms with E-state index in [9.17, 15) is 10.1 Å². The fourth-order valence-corrected chi connectivity index (χ4v) is 2.19. The minimum Gasteiger partial charge on any atom is -0.494 e. The number of nitro benzene ring substituents is 1. The Balaban J connectivity index is 1.73. The van der Waals surface area contributed by atoms with E-state index in [0.717, 1.165) is 12.7 Å². The topological polar surface area (TPSA) is 70.8 Å². The molecule has 1 aliphatic heterocycles. The Morgan fingerprint density at radius 3 is 2.18 bits per heavy atom. The van der Waals surface area contributed by atoms with Crippen LogP contribution in [0.2, 0.25) is 6.32 Å². The summed E-state index contributed by atoms with van der Waals surface area (Å²) in [6.07, 6.45) is 1.54. The molecule has 0 bridgehead atoms. The third-order valence-corrected chi connectivity index (χ3v) is 4.20. The molecule has 0 aromatic heterocycles. The van der Waals surface area contributed by atoms with E-state index in [1.54, 1.807) is 12.1 Å². The second-order valence-corrected chi connectivity index (χ2v) is 6.43. The summed E-state index contributed by atoms with van der Waals surface area (Å²) >= 11 is 0. The van der Waals surface area contributed by atoms with Crippen LogP contribution in [0.15, 0.2) is 24.3 Å². The van der Waals surface area contributed by atoms with Gasteiger partial charge in [0, 0.05) is 12.1 Å². The Morgan fingerprint density at radius 1 is 1.14 bits per heavy atom. The van der Waals surface area contributed by atoms with Crippen LogP contribution in [-0.4, -0.2) is 29.9 Å². The smallest absolute Gasteiger partial charge is 0.457 e. The van der Waals surface area contributed by atoms with Gasteiger partial charge in [-0.2, -0.15) is 0 Å². The minimum atomic E-state index is -0.429. The van der Waals surface area contributed by atoms with Crippen LogP contribution in [0.4, 0.5) is 5.69 Å². The lowest BCUT2D eigenvalue weighted by molar-refractivity contribution is -0.384. The van der Waals surface area contributed by atoms with Gasteiger partial charge in [-0.1, -0.05) is 0 Å². The van der Waals surface area contributed by atoms with Crippen molar-refractivity contribution < 1.29 is 19.0 Å². The summed E-state index contributed by atoms with van der Waals surface area (Å²) in [6, 6.07) is 6.08. The van der Waals surface area contributed by atoms with Crippen molar-refractivity contribution in [1.82, 2.24) is 0 Å². The fourth-order valence-electron chi connectivity index (χ4n) is 2.19. The maximum absolute atomic E-state index is 10.6. The molecule has 0 saturated carbocycles. The summed E-state index contributed by atoms with van der Waals surface area (Å²) in [4.78, 5) is 10.1. The molecule has 1 aliphatic rings. The summed E-state index contributed by atoms with van der Waals surface area (Å²) in [5.74, 6) is 0.625. The highest BCUT2D eigenvalue weighted by molar-refractivity contribution is 6.45. The summed E-state index contributed by atoms with van der Waals surface area (Å²) in [6.45, 7) is 8.63. The van der Waals surface area contributed by atoms with Crippen LogP contribution in [0.25, 0.3) is 0 Å². The van der Waals surface area contributed by atoms with Crippen LogP contribution >= 0.6 is 0 Å². The molecule has 120 valence electrons. The zero-order valence-corrected chi connectivity index (χ0v) is 13.5. The summed E-state index contributed by atoms with van der Waals surface area (Å²) in [5, 5.41) is 10.6. The van der Waals surface area contributed by atoms with E-state index in [4.69, 9.17) is 14.0 Å². The van der Waals surface area contributed by atoms with Gasteiger partial charge in [0.2, 0.25) is 0 Å². The van der Waals surface area contributed by atoms with Crippen molar-refractivity contribution in [2.24, 2.45) is 0 Å². The minimum absolute atomic E-state index is 0.0598. The van der Waals surface area contributed by atoms with Gasteiger partial charge >= 0.3 is 7.12 Å². The lowest BCUT2D eigenvalue weighted by Crippen LogP contribution is -2.41. The fraction of sp³-hybridized carbons (Fsp3) is 0.600. The predicted octanol–water partition coefficient (Wildman–Crippen LogP) is 3.46. The van der Waals surface area contributed by atoms with Crippen LogP contribution in [0.1, 0.15) is 34.1 Å². The zero-order chi connectivity index (χ0) is 16.4. The average molecular weight is 307 g/mol. The molecule has 0 amide bonds. The molecule has 0 atom stereocenters. The molecule has 0 unspecified atom stereocenters. The van der Waals surface area contributed by atoms with Gasteiger partial charge in [-0.05, 0) is 52.6 Å². The van der Waals surface area contributed by atoms with Crippen LogP contribution in [0.5, 0.6) is 5.75 Å². The number of ether oxygens (including phenoxy) is 1. The molecule has 0 radical (unpaired) electrons. The monoisotopic (exact) mass is 307 g/mol. The third kappa shape index (κ3) is 3.78.